The highest BCUT2D eigenvalue weighted by molar-refractivity contribution is 5.94. The van der Waals surface area contributed by atoms with Gasteiger partial charge in [0.15, 0.2) is 17.5 Å². The van der Waals surface area contributed by atoms with Crippen LogP contribution in [0.1, 0.15) is 23.2 Å². The lowest BCUT2D eigenvalue weighted by molar-refractivity contribution is 0.0672. The second-order valence-electron chi connectivity index (χ2n) is 4.72. The van der Waals surface area contributed by atoms with Crippen molar-refractivity contribution >= 4 is 18.3 Å². The molecule has 0 aliphatic carbocycles. The smallest absolute Gasteiger partial charge is 0.256 e. The summed E-state index contributed by atoms with van der Waals surface area (Å²) in [7, 11) is 0. The normalized spacial score (nSPS) is 18.6. The Balaban J connectivity index is 0.00000200. The van der Waals surface area contributed by atoms with Gasteiger partial charge in [0, 0.05) is 13.1 Å². The first kappa shape index (κ1) is 16.8. The number of hydrogen-bond acceptors (Lipinski definition) is 2. The zero-order valence-electron chi connectivity index (χ0n) is 10.7. The van der Waals surface area contributed by atoms with E-state index in [0.717, 1.165) is 25.0 Å². The second kappa shape index (κ2) is 6.95. The van der Waals surface area contributed by atoms with Gasteiger partial charge >= 0.3 is 0 Å². The van der Waals surface area contributed by atoms with Crippen LogP contribution in [0.5, 0.6) is 0 Å². The highest BCUT2D eigenvalue weighted by Crippen LogP contribution is 2.21. The minimum Gasteiger partial charge on any atom is -0.338 e. The molecule has 20 heavy (non-hydrogen) atoms. The standard InChI is InChI=1S/C13H15F3N2O.ClH/c14-10-4-3-9(11(15)12(10)16)13(19)18-5-1-2-8(6-17)7-18;/h3-4,8H,1-2,5-7,17H2;1H. The Morgan fingerprint density at radius 3 is 2.65 bits per heavy atom. The van der Waals surface area contributed by atoms with E-state index < -0.39 is 28.9 Å². The number of likely N-dealkylation sites (tertiary alicyclic amines) is 1. The molecule has 1 heterocycles. The molecular formula is C13H16ClF3N2O. The molecule has 1 fully saturated rings. The van der Waals surface area contributed by atoms with E-state index in [-0.39, 0.29) is 18.3 Å². The molecule has 1 aromatic carbocycles. The van der Waals surface area contributed by atoms with Gasteiger partial charge in [0.25, 0.3) is 5.91 Å². The zero-order chi connectivity index (χ0) is 14.0. The maximum absolute atomic E-state index is 13.6. The average Bonchev–Trinajstić information content (AvgIpc) is 2.44. The average molecular weight is 309 g/mol. The van der Waals surface area contributed by atoms with Gasteiger partial charge in [-0.15, -0.1) is 12.4 Å². The molecule has 1 atom stereocenters. The number of carbonyl (C=O) groups is 1. The van der Waals surface area contributed by atoms with Crippen LogP contribution < -0.4 is 5.73 Å². The monoisotopic (exact) mass is 308 g/mol. The molecular weight excluding hydrogens is 293 g/mol. The molecule has 1 aliphatic rings. The summed E-state index contributed by atoms with van der Waals surface area (Å²) in [6.45, 7) is 1.35. The van der Waals surface area contributed by atoms with Crippen molar-refractivity contribution in [3.05, 3.63) is 35.1 Å². The maximum Gasteiger partial charge on any atom is 0.256 e. The summed E-state index contributed by atoms with van der Waals surface area (Å²) in [4.78, 5) is 13.5. The lowest BCUT2D eigenvalue weighted by Crippen LogP contribution is -2.42. The number of benzene rings is 1. The molecule has 0 aromatic heterocycles. The van der Waals surface area contributed by atoms with Crippen molar-refractivity contribution in [2.45, 2.75) is 12.8 Å². The van der Waals surface area contributed by atoms with Crippen molar-refractivity contribution < 1.29 is 18.0 Å². The number of piperidine rings is 1. The molecule has 0 bridgehead atoms. The quantitative estimate of drug-likeness (QED) is 0.852. The van der Waals surface area contributed by atoms with Gasteiger partial charge in [0.2, 0.25) is 0 Å². The van der Waals surface area contributed by atoms with Gasteiger partial charge in [-0.1, -0.05) is 0 Å². The van der Waals surface area contributed by atoms with Gasteiger partial charge in [-0.05, 0) is 37.4 Å². The molecule has 1 unspecified atom stereocenters. The summed E-state index contributed by atoms with van der Waals surface area (Å²) in [6, 6.07) is 1.73. The summed E-state index contributed by atoms with van der Waals surface area (Å²) < 4.78 is 39.5. The fraction of sp³-hybridized carbons (Fsp3) is 0.462. The maximum atomic E-state index is 13.6. The summed E-state index contributed by atoms with van der Waals surface area (Å²) in [5, 5.41) is 0. The van der Waals surface area contributed by atoms with Crippen molar-refractivity contribution in [1.29, 1.82) is 0 Å². The van der Waals surface area contributed by atoms with Crippen LogP contribution in [-0.4, -0.2) is 30.4 Å². The Morgan fingerprint density at radius 1 is 1.30 bits per heavy atom. The van der Waals surface area contributed by atoms with Crippen LogP contribution in [0.25, 0.3) is 0 Å². The Bertz CT molecular complexity index is 499. The van der Waals surface area contributed by atoms with Gasteiger partial charge in [0.1, 0.15) is 0 Å². The van der Waals surface area contributed by atoms with E-state index in [0.29, 0.717) is 19.6 Å². The second-order valence-corrected chi connectivity index (χ2v) is 4.72. The van der Waals surface area contributed by atoms with E-state index in [1.54, 1.807) is 0 Å². The molecule has 1 aliphatic heterocycles. The van der Waals surface area contributed by atoms with Crippen LogP contribution in [0, 0.1) is 23.4 Å². The topological polar surface area (TPSA) is 46.3 Å². The summed E-state index contributed by atoms with van der Waals surface area (Å²) in [5.74, 6) is -4.79. The third-order valence-corrected chi connectivity index (χ3v) is 3.41. The van der Waals surface area contributed by atoms with Crippen LogP contribution in [0.15, 0.2) is 12.1 Å². The van der Waals surface area contributed by atoms with Gasteiger partial charge in [-0.3, -0.25) is 4.79 Å². The minimum absolute atomic E-state index is 0. The van der Waals surface area contributed by atoms with Crippen LogP contribution >= 0.6 is 12.4 Å². The molecule has 1 amide bonds. The fourth-order valence-electron chi connectivity index (χ4n) is 2.30. The molecule has 3 nitrogen and oxygen atoms in total. The molecule has 112 valence electrons. The van der Waals surface area contributed by atoms with Crippen molar-refractivity contribution in [3.63, 3.8) is 0 Å². The molecule has 1 aromatic rings. The van der Waals surface area contributed by atoms with E-state index >= 15 is 0 Å². The van der Waals surface area contributed by atoms with Gasteiger partial charge in [-0.25, -0.2) is 13.2 Å². The van der Waals surface area contributed by atoms with Crippen molar-refractivity contribution in [2.24, 2.45) is 11.7 Å². The molecule has 7 heteroatoms. The first-order valence-corrected chi connectivity index (χ1v) is 6.17. The minimum atomic E-state index is -1.61. The Labute approximate surface area is 121 Å². The van der Waals surface area contributed by atoms with E-state index in [2.05, 4.69) is 0 Å². The van der Waals surface area contributed by atoms with Gasteiger partial charge < -0.3 is 10.6 Å². The zero-order valence-corrected chi connectivity index (χ0v) is 11.6. The van der Waals surface area contributed by atoms with Gasteiger partial charge in [0.05, 0.1) is 5.56 Å². The Morgan fingerprint density at radius 2 is 2.00 bits per heavy atom. The first-order valence-electron chi connectivity index (χ1n) is 6.17. The number of nitrogens with two attached hydrogens (primary N) is 1. The van der Waals surface area contributed by atoms with Crippen LogP contribution in [0.2, 0.25) is 0 Å². The largest absolute Gasteiger partial charge is 0.338 e. The van der Waals surface area contributed by atoms with Crippen molar-refractivity contribution in [2.75, 3.05) is 19.6 Å². The van der Waals surface area contributed by atoms with Crippen molar-refractivity contribution in [1.82, 2.24) is 4.90 Å². The number of rotatable bonds is 2. The highest BCUT2D eigenvalue weighted by atomic mass is 35.5. The lowest BCUT2D eigenvalue weighted by atomic mass is 9.97. The first-order chi connectivity index (χ1) is 9.04. The predicted molar refractivity (Wildman–Crippen MR) is 71.2 cm³/mol. The summed E-state index contributed by atoms with van der Waals surface area (Å²) in [5.41, 5.74) is 5.12. The summed E-state index contributed by atoms with van der Waals surface area (Å²) >= 11 is 0. The Hall–Kier alpha value is -1.27. The summed E-state index contributed by atoms with van der Waals surface area (Å²) in [6.07, 6.45) is 1.69. The lowest BCUT2D eigenvalue weighted by Gasteiger charge is -2.32. The van der Waals surface area contributed by atoms with Gasteiger partial charge in [-0.2, -0.15) is 0 Å². The molecule has 0 radical (unpaired) electrons. The SMILES string of the molecule is Cl.NCC1CCCN(C(=O)c2ccc(F)c(F)c2F)C1. The van der Waals surface area contributed by atoms with Crippen LogP contribution in [0.4, 0.5) is 13.2 Å². The molecule has 0 saturated carbocycles. The highest BCUT2D eigenvalue weighted by Gasteiger charge is 2.27. The number of carbonyl (C=O) groups excluding carboxylic acids is 1. The van der Waals surface area contributed by atoms with Crippen molar-refractivity contribution in [3.8, 4) is 0 Å². The predicted octanol–water partition coefficient (Wildman–Crippen LogP) is 2.34. The third-order valence-electron chi connectivity index (χ3n) is 3.41. The van der Waals surface area contributed by atoms with Crippen LogP contribution in [0.3, 0.4) is 0 Å². The molecule has 2 rings (SSSR count). The fourth-order valence-corrected chi connectivity index (χ4v) is 2.30. The van der Waals surface area contributed by atoms with E-state index in [1.165, 1.54) is 4.90 Å². The number of halogens is 4. The number of nitrogens with zero attached hydrogens (tertiary/aromatic N) is 1. The van der Waals surface area contributed by atoms with E-state index in [1.807, 2.05) is 0 Å². The van der Waals surface area contributed by atoms with E-state index in [9.17, 15) is 18.0 Å². The Kier molecular flexibility index (Phi) is 5.83. The van der Waals surface area contributed by atoms with E-state index in [4.69, 9.17) is 5.73 Å². The van der Waals surface area contributed by atoms with Crippen LogP contribution in [-0.2, 0) is 0 Å². The number of amides is 1. The molecule has 2 N–H and O–H groups in total. The molecule has 1 saturated heterocycles. The third kappa shape index (κ3) is 3.24. The molecule has 0 spiro atoms. The number of hydrogen-bond donors (Lipinski definition) is 1.